The zero-order valence-corrected chi connectivity index (χ0v) is 21.5. The van der Waals surface area contributed by atoms with E-state index < -0.39 is 6.04 Å². The number of allylic oxidation sites excluding steroid dienone is 1. The number of hydrogen-bond donors (Lipinski definition) is 2. The van der Waals surface area contributed by atoms with Crippen LogP contribution in [-0.4, -0.2) is 27.8 Å². The van der Waals surface area contributed by atoms with Gasteiger partial charge in [0, 0.05) is 27.0 Å². The topological polar surface area (TPSA) is 90.3 Å². The number of halogens is 2. The van der Waals surface area contributed by atoms with Crippen molar-refractivity contribution in [3.8, 4) is 11.5 Å². The third-order valence-corrected chi connectivity index (χ3v) is 6.56. The van der Waals surface area contributed by atoms with E-state index in [2.05, 4.69) is 20.7 Å². The third kappa shape index (κ3) is 5.12. The molecule has 1 aliphatic heterocycles. The smallest absolute Gasteiger partial charge is 0.255 e. The Balaban J connectivity index is 1.47. The number of fused-ring (bicyclic) bond motifs is 1. The van der Waals surface area contributed by atoms with E-state index in [1.54, 1.807) is 30.0 Å². The minimum absolute atomic E-state index is 0.232. The van der Waals surface area contributed by atoms with Gasteiger partial charge in [-0.3, -0.25) is 4.79 Å². The fourth-order valence-corrected chi connectivity index (χ4v) is 4.64. The van der Waals surface area contributed by atoms with Gasteiger partial charge in [-0.2, -0.15) is 10.1 Å². The summed E-state index contributed by atoms with van der Waals surface area (Å²) in [6.45, 7) is 2.08. The second kappa shape index (κ2) is 10.5. The lowest BCUT2D eigenvalue weighted by Gasteiger charge is -2.29. The van der Waals surface area contributed by atoms with Gasteiger partial charge in [-0.25, -0.2) is 4.68 Å². The SMILES string of the molecule is COc1cc([C@@H]2C(C(=O)Nc3ccccc3)=C(C)Nc3ncnn32)ccc1OCc1ccc(Cl)cc1Cl. The number of anilines is 2. The average Bonchev–Trinajstić information content (AvgIpc) is 3.36. The molecule has 4 aromatic rings. The summed E-state index contributed by atoms with van der Waals surface area (Å²) in [5.74, 6) is 1.32. The van der Waals surface area contributed by atoms with Crippen molar-refractivity contribution >= 4 is 40.7 Å². The van der Waals surface area contributed by atoms with Crippen molar-refractivity contribution in [3.63, 3.8) is 0 Å². The zero-order valence-electron chi connectivity index (χ0n) is 20.0. The minimum Gasteiger partial charge on any atom is -0.493 e. The number of carbonyl (C=O) groups is 1. The normalized spacial score (nSPS) is 14.5. The van der Waals surface area contributed by atoms with Crippen molar-refractivity contribution in [2.75, 3.05) is 17.7 Å². The van der Waals surface area contributed by atoms with E-state index in [-0.39, 0.29) is 12.5 Å². The molecule has 10 heteroatoms. The summed E-state index contributed by atoms with van der Waals surface area (Å²) in [6, 6.07) is 19.5. The molecule has 2 N–H and O–H groups in total. The second-order valence-corrected chi connectivity index (χ2v) is 9.19. The van der Waals surface area contributed by atoms with Crippen molar-refractivity contribution in [1.29, 1.82) is 0 Å². The molecule has 1 atom stereocenters. The molecule has 188 valence electrons. The van der Waals surface area contributed by atoms with Crippen LogP contribution < -0.4 is 20.1 Å². The van der Waals surface area contributed by atoms with Gasteiger partial charge in [-0.05, 0) is 48.9 Å². The fraction of sp³-hybridized carbons (Fsp3) is 0.148. The molecule has 0 spiro atoms. The van der Waals surface area contributed by atoms with Crippen molar-refractivity contribution in [1.82, 2.24) is 14.8 Å². The summed E-state index contributed by atoms with van der Waals surface area (Å²) in [7, 11) is 1.56. The largest absolute Gasteiger partial charge is 0.493 e. The Morgan fingerprint density at radius 2 is 1.89 bits per heavy atom. The number of nitrogens with zero attached hydrogens (tertiary/aromatic N) is 3. The van der Waals surface area contributed by atoms with Crippen molar-refractivity contribution < 1.29 is 14.3 Å². The molecule has 8 nitrogen and oxygen atoms in total. The first-order chi connectivity index (χ1) is 17.9. The summed E-state index contributed by atoms with van der Waals surface area (Å²) in [6.07, 6.45) is 1.45. The minimum atomic E-state index is -0.545. The van der Waals surface area contributed by atoms with Gasteiger partial charge >= 0.3 is 0 Å². The van der Waals surface area contributed by atoms with Crippen LogP contribution >= 0.6 is 23.2 Å². The quantitative estimate of drug-likeness (QED) is 0.297. The molecule has 5 rings (SSSR count). The molecule has 1 amide bonds. The molecule has 0 bridgehead atoms. The summed E-state index contributed by atoms with van der Waals surface area (Å²) < 4.78 is 13.3. The van der Waals surface area contributed by atoms with Gasteiger partial charge in [0.25, 0.3) is 5.91 Å². The Morgan fingerprint density at radius 1 is 1.08 bits per heavy atom. The van der Waals surface area contributed by atoms with Crippen LogP contribution in [0.15, 0.2) is 84.3 Å². The molecule has 37 heavy (non-hydrogen) atoms. The van der Waals surface area contributed by atoms with Gasteiger partial charge in [0.05, 0.1) is 12.7 Å². The van der Waals surface area contributed by atoms with Crippen LogP contribution in [0.5, 0.6) is 11.5 Å². The van der Waals surface area contributed by atoms with Gasteiger partial charge in [0.2, 0.25) is 5.95 Å². The van der Waals surface area contributed by atoms with E-state index in [0.717, 1.165) is 11.1 Å². The van der Waals surface area contributed by atoms with Crippen molar-refractivity contribution in [3.05, 3.63) is 105 Å². The number of rotatable bonds is 7. The van der Waals surface area contributed by atoms with E-state index in [0.29, 0.717) is 44.5 Å². The predicted octanol–water partition coefficient (Wildman–Crippen LogP) is 6.10. The summed E-state index contributed by atoms with van der Waals surface area (Å²) in [5, 5.41) is 11.6. The van der Waals surface area contributed by atoms with E-state index in [1.807, 2.05) is 55.5 Å². The highest BCUT2D eigenvalue weighted by atomic mass is 35.5. The van der Waals surface area contributed by atoms with E-state index in [9.17, 15) is 4.79 Å². The number of aromatic nitrogens is 3. The van der Waals surface area contributed by atoms with Crippen LogP contribution in [0.3, 0.4) is 0 Å². The maximum atomic E-state index is 13.5. The van der Waals surface area contributed by atoms with Crippen LogP contribution in [-0.2, 0) is 11.4 Å². The van der Waals surface area contributed by atoms with Gasteiger partial charge in [-0.15, -0.1) is 0 Å². The molecule has 0 aliphatic carbocycles. The molecule has 1 aromatic heterocycles. The summed E-state index contributed by atoms with van der Waals surface area (Å²) in [4.78, 5) is 17.8. The molecule has 1 aliphatic rings. The van der Waals surface area contributed by atoms with Crippen LogP contribution in [0.2, 0.25) is 10.0 Å². The number of methoxy groups -OCH3 is 1. The van der Waals surface area contributed by atoms with Crippen molar-refractivity contribution in [2.45, 2.75) is 19.6 Å². The standard InChI is InChI=1S/C27H23Cl2N5O3/c1-16-24(26(35)33-20-6-4-3-5-7-20)25(34-27(32-16)30-15-31-34)17-9-11-22(23(12-17)36-2)37-14-18-8-10-19(28)13-21(18)29/h3-13,15,25H,14H2,1-2H3,(H,33,35)(H,30,31,32)/t25-/m1/s1. The zero-order chi connectivity index (χ0) is 25.9. The van der Waals surface area contributed by atoms with Crippen molar-refractivity contribution in [2.24, 2.45) is 0 Å². The van der Waals surface area contributed by atoms with Crippen LogP contribution in [0.25, 0.3) is 0 Å². The van der Waals surface area contributed by atoms with Crippen LogP contribution in [0.4, 0.5) is 11.6 Å². The molecule has 0 radical (unpaired) electrons. The first-order valence-electron chi connectivity index (χ1n) is 11.4. The fourth-order valence-electron chi connectivity index (χ4n) is 4.18. The average molecular weight is 536 g/mol. The third-order valence-electron chi connectivity index (χ3n) is 5.97. The Labute approximate surface area is 223 Å². The molecular weight excluding hydrogens is 513 g/mol. The number of carbonyl (C=O) groups excluding carboxylic acids is 1. The molecule has 2 heterocycles. The number of benzene rings is 3. The maximum Gasteiger partial charge on any atom is 0.255 e. The second-order valence-electron chi connectivity index (χ2n) is 8.35. The lowest BCUT2D eigenvalue weighted by molar-refractivity contribution is -0.113. The lowest BCUT2D eigenvalue weighted by atomic mass is 9.94. The van der Waals surface area contributed by atoms with Gasteiger partial charge in [-0.1, -0.05) is 53.5 Å². The predicted molar refractivity (Wildman–Crippen MR) is 143 cm³/mol. The number of nitrogens with one attached hydrogen (secondary N) is 2. The molecule has 0 fully saturated rings. The highest BCUT2D eigenvalue weighted by Crippen LogP contribution is 2.39. The molecule has 3 aromatic carbocycles. The van der Waals surface area contributed by atoms with Crippen LogP contribution in [0.1, 0.15) is 24.1 Å². The molecule has 0 unspecified atom stereocenters. The Kier molecular flexibility index (Phi) is 7.03. The summed E-state index contributed by atoms with van der Waals surface area (Å²) >= 11 is 12.3. The molecule has 0 saturated carbocycles. The number of hydrogen-bond acceptors (Lipinski definition) is 6. The van der Waals surface area contributed by atoms with E-state index >= 15 is 0 Å². The number of para-hydroxylation sites is 1. The highest BCUT2D eigenvalue weighted by Gasteiger charge is 2.34. The lowest BCUT2D eigenvalue weighted by Crippen LogP contribution is -2.31. The Morgan fingerprint density at radius 3 is 2.65 bits per heavy atom. The van der Waals surface area contributed by atoms with E-state index in [4.69, 9.17) is 32.7 Å². The van der Waals surface area contributed by atoms with Crippen LogP contribution in [0, 0.1) is 0 Å². The molecule has 0 saturated heterocycles. The Hall–Kier alpha value is -4.01. The molecular formula is C27H23Cl2N5O3. The summed E-state index contributed by atoms with van der Waals surface area (Å²) in [5.41, 5.74) is 3.44. The van der Waals surface area contributed by atoms with Gasteiger partial charge in [0.15, 0.2) is 11.5 Å². The monoisotopic (exact) mass is 535 g/mol. The van der Waals surface area contributed by atoms with Gasteiger partial charge in [0.1, 0.15) is 19.0 Å². The number of amides is 1. The maximum absolute atomic E-state index is 13.5. The van der Waals surface area contributed by atoms with Gasteiger partial charge < -0.3 is 20.1 Å². The van der Waals surface area contributed by atoms with E-state index in [1.165, 1.54) is 6.33 Å². The Bertz CT molecular complexity index is 1490. The first kappa shape index (κ1) is 24.7. The first-order valence-corrected chi connectivity index (χ1v) is 12.2. The number of ether oxygens (including phenoxy) is 2. The highest BCUT2D eigenvalue weighted by molar-refractivity contribution is 6.35.